The van der Waals surface area contributed by atoms with Gasteiger partial charge in [-0.2, -0.15) is 63.1 Å². The Kier molecular flexibility index (Phi) is 64.0. The number of rotatable bonds is 30. The molecule has 0 spiro atoms. The summed E-state index contributed by atoms with van der Waals surface area (Å²) in [6.07, 6.45) is 25.1. The van der Waals surface area contributed by atoms with Gasteiger partial charge in [0.2, 0.25) is 0 Å². The Balaban J connectivity index is -0.000000139. The van der Waals surface area contributed by atoms with Crippen LogP contribution in [0.2, 0.25) is 0 Å². The van der Waals surface area contributed by atoms with Crippen molar-refractivity contribution in [1.82, 2.24) is 0 Å². The van der Waals surface area contributed by atoms with E-state index in [0.29, 0.717) is 32.1 Å². The molecule has 0 heterocycles. The smallest absolute Gasteiger partial charge is 0.549 e. The number of aliphatic carboxylic acids is 5. The maximum absolute atomic E-state index is 10.2. The Morgan fingerprint density at radius 2 is 0.429 bits per heavy atom. The van der Waals surface area contributed by atoms with Gasteiger partial charge in [0.05, 0.1) is 29.8 Å². The second-order valence-electron chi connectivity index (χ2n) is 13.4. The summed E-state index contributed by atoms with van der Waals surface area (Å²) in [6, 6.07) is 0. The summed E-state index contributed by atoms with van der Waals surface area (Å²) in [5.41, 5.74) is 0. The number of thiol groups is 5. The molecular weight excluding hydrogens is 923 g/mol. The van der Waals surface area contributed by atoms with Crippen LogP contribution in [-0.4, -0.2) is 80.5 Å². The molecule has 10 nitrogen and oxygen atoms in total. The van der Waals surface area contributed by atoms with Crippen LogP contribution in [0.5, 0.6) is 0 Å². The molecule has 0 aliphatic heterocycles. The van der Waals surface area contributed by atoms with Gasteiger partial charge in [0.15, 0.2) is 0 Å². The zero-order chi connectivity index (χ0) is 43.5. The van der Waals surface area contributed by atoms with Crippen molar-refractivity contribution >= 4 is 117 Å². The standard InChI is InChI=1S/5C8H16O2S.Sb/c5*1-2-3-4-5-6-7(11)8(9)10;/h5*7,11H,2-6H2,1H3,(H,9,10);/q;;;;;+5/p-5. The van der Waals surface area contributed by atoms with Crippen molar-refractivity contribution in [2.24, 2.45) is 0 Å². The quantitative estimate of drug-likeness (QED) is 0.0384. The minimum atomic E-state index is -1.05. The van der Waals surface area contributed by atoms with Crippen LogP contribution < -0.4 is 25.5 Å². The fourth-order valence-corrected chi connectivity index (χ4v) is 5.32. The number of carbonyl (C=O) groups is 5. The van der Waals surface area contributed by atoms with E-state index in [4.69, 9.17) is 0 Å². The Labute approximate surface area is 385 Å². The molecule has 0 aliphatic rings. The summed E-state index contributed by atoms with van der Waals surface area (Å²) < 4.78 is 0. The second kappa shape index (κ2) is 52.9. The molecule has 0 rings (SSSR count). The first-order chi connectivity index (χ1) is 25.9. The third-order valence-electron chi connectivity index (χ3n) is 8.02. The van der Waals surface area contributed by atoms with E-state index in [1.807, 2.05) is 0 Å². The molecular formula is C40H75O10S5Sb. The zero-order valence-electron chi connectivity index (χ0n) is 34.8. The number of hydrogen-bond acceptors (Lipinski definition) is 15. The fourth-order valence-electron chi connectivity index (χ4n) is 4.41. The molecule has 0 saturated carbocycles. The Morgan fingerprint density at radius 3 is 0.518 bits per heavy atom. The first-order valence-corrected chi connectivity index (χ1v) is 22.9. The maximum atomic E-state index is 10.2. The Morgan fingerprint density at radius 1 is 0.304 bits per heavy atom. The summed E-state index contributed by atoms with van der Waals surface area (Å²) >= 11 is 19.3. The Hall–Kier alpha value is -0.0818. The van der Waals surface area contributed by atoms with Crippen molar-refractivity contribution in [2.45, 2.75) is 221 Å². The van der Waals surface area contributed by atoms with Crippen molar-refractivity contribution < 1.29 is 49.5 Å². The molecule has 0 aromatic rings. The summed E-state index contributed by atoms with van der Waals surface area (Å²) in [7, 11) is 0. The van der Waals surface area contributed by atoms with Crippen LogP contribution in [0.3, 0.4) is 0 Å². The van der Waals surface area contributed by atoms with E-state index in [9.17, 15) is 49.5 Å². The van der Waals surface area contributed by atoms with Gasteiger partial charge in [0, 0.05) is 26.2 Å². The average molecular weight is 998 g/mol. The summed E-state index contributed by atoms with van der Waals surface area (Å²) in [5.74, 6) is -5.26. The van der Waals surface area contributed by atoms with Gasteiger partial charge in [-0.25, -0.2) is 0 Å². The van der Waals surface area contributed by atoms with Crippen LogP contribution in [0, 0.1) is 0 Å². The van der Waals surface area contributed by atoms with E-state index < -0.39 is 56.1 Å². The first-order valence-electron chi connectivity index (χ1n) is 20.4. The zero-order valence-corrected chi connectivity index (χ0v) is 41.9. The molecule has 0 radical (unpaired) electrons. The number of carbonyl (C=O) groups excluding carboxylic acids is 5. The SMILES string of the molecule is CCCCCCC(S)C(=O)[O-].CCCCCCC(S)C(=O)[O-].CCCCCCC(S)C(=O)[O-].CCCCCCC(S)C(=O)[O-].CCCCCCC(S)C(=O)[O-].[Sb+5]. The predicted octanol–water partition coefficient (Wildman–Crippen LogP) is 4.64. The molecule has 0 aromatic heterocycles. The van der Waals surface area contributed by atoms with Gasteiger partial charge in [0.25, 0.3) is 0 Å². The third kappa shape index (κ3) is 60.6. The monoisotopic (exact) mass is 996 g/mol. The molecule has 0 aromatic carbocycles. The minimum absolute atomic E-state index is 0. The molecule has 330 valence electrons. The van der Waals surface area contributed by atoms with Gasteiger partial charge in [-0.15, -0.1) is 0 Å². The predicted molar refractivity (Wildman–Crippen MR) is 238 cm³/mol. The van der Waals surface area contributed by atoms with Gasteiger partial charge in [-0.1, -0.05) is 163 Å². The third-order valence-corrected chi connectivity index (χ3v) is 10.4. The van der Waals surface area contributed by atoms with Crippen LogP contribution in [0.4, 0.5) is 0 Å². The molecule has 0 N–H and O–H groups in total. The summed E-state index contributed by atoms with van der Waals surface area (Å²) in [6.45, 7) is 10.6. The van der Waals surface area contributed by atoms with Gasteiger partial charge in [-0.05, 0) is 32.1 Å². The number of carboxylic acids is 5. The van der Waals surface area contributed by atoms with Crippen LogP contribution in [-0.2, 0) is 24.0 Å². The summed E-state index contributed by atoms with van der Waals surface area (Å²) in [4.78, 5) is 50.9. The van der Waals surface area contributed by atoms with Crippen molar-refractivity contribution in [1.29, 1.82) is 0 Å². The van der Waals surface area contributed by atoms with E-state index in [1.165, 1.54) is 64.2 Å². The van der Waals surface area contributed by atoms with Crippen molar-refractivity contribution in [3.63, 3.8) is 0 Å². The van der Waals surface area contributed by atoms with E-state index in [1.54, 1.807) is 0 Å². The minimum Gasteiger partial charge on any atom is -0.549 e. The molecule has 5 unspecified atom stereocenters. The molecule has 0 bridgehead atoms. The van der Waals surface area contributed by atoms with E-state index in [2.05, 4.69) is 97.8 Å². The van der Waals surface area contributed by atoms with Crippen molar-refractivity contribution in [2.75, 3.05) is 0 Å². The molecule has 0 fully saturated rings. The normalized spacial score (nSPS) is 12.7. The number of carboxylic acid groups (broad SMARTS) is 5. The number of hydrogen-bond donors (Lipinski definition) is 5. The van der Waals surface area contributed by atoms with Crippen LogP contribution in [0.1, 0.15) is 195 Å². The molecule has 0 aliphatic carbocycles. The number of unbranched alkanes of at least 4 members (excludes halogenated alkanes) is 15. The fraction of sp³-hybridized carbons (Fsp3) is 0.875. The molecule has 16 heteroatoms. The van der Waals surface area contributed by atoms with Gasteiger partial charge < -0.3 is 49.5 Å². The molecule has 0 saturated heterocycles. The van der Waals surface area contributed by atoms with Crippen molar-refractivity contribution in [3.8, 4) is 0 Å². The van der Waals surface area contributed by atoms with Crippen LogP contribution in [0.15, 0.2) is 0 Å². The second-order valence-corrected chi connectivity index (χ2v) is 16.5. The molecule has 0 amide bonds. The van der Waals surface area contributed by atoms with Gasteiger partial charge >= 0.3 is 24.4 Å². The molecule has 56 heavy (non-hydrogen) atoms. The Bertz CT molecular complexity index is 743. The van der Waals surface area contributed by atoms with Gasteiger partial charge in [-0.3, -0.25) is 0 Å². The largest absolute Gasteiger partial charge is 5.00 e. The first kappa shape index (κ1) is 67.7. The van der Waals surface area contributed by atoms with Crippen molar-refractivity contribution in [3.05, 3.63) is 0 Å². The van der Waals surface area contributed by atoms with Crippen LogP contribution >= 0.6 is 63.1 Å². The van der Waals surface area contributed by atoms with Crippen LogP contribution in [0.25, 0.3) is 0 Å². The van der Waals surface area contributed by atoms with E-state index >= 15 is 0 Å². The van der Waals surface area contributed by atoms with E-state index in [0.717, 1.165) is 64.2 Å². The van der Waals surface area contributed by atoms with Gasteiger partial charge in [0.1, 0.15) is 0 Å². The maximum Gasteiger partial charge on any atom is 5.00 e. The average Bonchev–Trinajstić information content (AvgIpc) is 3.14. The topological polar surface area (TPSA) is 201 Å². The molecule has 5 atom stereocenters. The summed E-state index contributed by atoms with van der Waals surface area (Å²) in [5, 5.41) is 48.0. The van der Waals surface area contributed by atoms with E-state index in [-0.39, 0.29) is 24.4 Å².